The minimum absolute atomic E-state index is 0.161. The monoisotopic (exact) mass is 365 g/mol. The normalized spacial score (nSPS) is 17.1. The number of benzene rings is 1. The van der Waals surface area contributed by atoms with E-state index in [1.54, 1.807) is 13.2 Å². The first-order valence-electron chi connectivity index (χ1n) is 9.07. The molecule has 0 spiro atoms. The van der Waals surface area contributed by atoms with E-state index in [0.29, 0.717) is 5.76 Å². The summed E-state index contributed by atoms with van der Waals surface area (Å²) in [6.07, 6.45) is 0. The number of anilines is 1. The zero-order chi connectivity index (χ0) is 19.3. The largest absolute Gasteiger partial charge is 0.470 e. The van der Waals surface area contributed by atoms with Crippen LogP contribution in [0, 0.1) is 5.82 Å². The summed E-state index contributed by atoms with van der Waals surface area (Å²) in [5.74, 6) is 0.423. The van der Waals surface area contributed by atoms with Gasteiger partial charge in [0, 0.05) is 57.1 Å². The number of allylic oxidation sites excluding steroid dienone is 1. The molecular weight excluding hydrogens is 333 g/mol. The molecule has 6 heteroatoms. The minimum atomic E-state index is -0.247. The van der Waals surface area contributed by atoms with Crippen LogP contribution in [0.4, 0.5) is 10.1 Å². The minimum Gasteiger partial charge on any atom is -0.470 e. The fourth-order valence-electron chi connectivity index (χ4n) is 3.28. The van der Waals surface area contributed by atoms with Crippen molar-refractivity contribution in [3.05, 3.63) is 35.3 Å². The summed E-state index contributed by atoms with van der Waals surface area (Å²) in [4.78, 5) is 4.71. The fraction of sp³-hybridized carbons (Fsp3) is 0.600. The standard InChI is InChI=1S/C20H32FN3O2/c1-15(26-14-25-6)19(22-5)16-11-17(21)13-18(12-16)23-7-9-24(10-8-23)20(2,3)4/h11-13,22H,7-10,14H2,1-6H3/b19-15+. The Kier molecular flexibility index (Phi) is 6.89. The lowest BCUT2D eigenvalue weighted by atomic mass is 10.0. The summed E-state index contributed by atoms with van der Waals surface area (Å²) < 4.78 is 24.8. The van der Waals surface area contributed by atoms with Crippen molar-refractivity contribution in [3.63, 3.8) is 0 Å². The molecule has 0 aromatic heterocycles. The molecule has 1 aliphatic heterocycles. The molecule has 0 unspecified atom stereocenters. The van der Waals surface area contributed by atoms with Crippen LogP contribution in [0.1, 0.15) is 33.3 Å². The lowest BCUT2D eigenvalue weighted by Gasteiger charge is -2.43. The van der Waals surface area contributed by atoms with Crippen LogP contribution in [0.2, 0.25) is 0 Å². The summed E-state index contributed by atoms with van der Waals surface area (Å²) in [6, 6.07) is 5.15. The van der Waals surface area contributed by atoms with Gasteiger partial charge >= 0.3 is 0 Å². The van der Waals surface area contributed by atoms with Gasteiger partial charge in [0.1, 0.15) is 11.6 Å². The smallest absolute Gasteiger partial charge is 0.188 e. The number of hydrogen-bond acceptors (Lipinski definition) is 5. The Morgan fingerprint density at radius 1 is 1.15 bits per heavy atom. The van der Waals surface area contributed by atoms with Gasteiger partial charge in [0.25, 0.3) is 0 Å². The van der Waals surface area contributed by atoms with Crippen LogP contribution in [0.3, 0.4) is 0 Å². The number of rotatable bonds is 6. The van der Waals surface area contributed by atoms with Crippen LogP contribution in [0.15, 0.2) is 24.0 Å². The van der Waals surface area contributed by atoms with E-state index in [9.17, 15) is 4.39 Å². The molecule has 1 aliphatic rings. The molecule has 0 amide bonds. The molecule has 1 saturated heterocycles. The van der Waals surface area contributed by atoms with Crippen LogP contribution in [-0.4, -0.2) is 57.6 Å². The molecule has 1 N–H and O–H groups in total. The van der Waals surface area contributed by atoms with E-state index in [-0.39, 0.29) is 18.1 Å². The predicted molar refractivity (Wildman–Crippen MR) is 105 cm³/mol. The Bertz CT molecular complexity index is 632. The average molecular weight is 365 g/mol. The van der Waals surface area contributed by atoms with E-state index in [1.807, 2.05) is 20.0 Å². The zero-order valence-electron chi connectivity index (χ0n) is 16.9. The second-order valence-electron chi connectivity index (χ2n) is 7.58. The summed E-state index contributed by atoms with van der Waals surface area (Å²) in [5, 5.41) is 3.12. The Hall–Kier alpha value is -1.79. The van der Waals surface area contributed by atoms with Gasteiger partial charge in [-0.05, 0) is 45.9 Å². The highest BCUT2D eigenvalue weighted by Gasteiger charge is 2.26. The van der Waals surface area contributed by atoms with Crippen molar-refractivity contribution in [3.8, 4) is 0 Å². The Morgan fingerprint density at radius 3 is 2.35 bits per heavy atom. The van der Waals surface area contributed by atoms with E-state index >= 15 is 0 Å². The predicted octanol–water partition coefficient (Wildman–Crippen LogP) is 3.27. The third kappa shape index (κ3) is 5.11. The summed E-state index contributed by atoms with van der Waals surface area (Å²) >= 11 is 0. The molecule has 0 aliphatic carbocycles. The highest BCUT2D eigenvalue weighted by Crippen LogP contribution is 2.26. The first-order valence-corrected chi connectivity index (χ1v) is 9.07. The van der Waals surface area contributed by atoms with Gasteiger partial charge in [-0.15, -0.1) is 0 Å². The summed E-state index contributed by atoms with van der Waals surface area (Å²) in [6.45, 7) is 12.4. The topological polar surface area (TPSA) is 37.0 Å². The molecule has 0 bridgehead atoms. The third-order valence-electron chi connectivity index (χ3n) is 4.76. The van der Waals surface area contributed by atoms with Gasteiger partial charge in [-0.25, -0.2) is 4.39 Å². The molecule has 0 radical (unpaired) electrons. The van der Waals surface area contributed by atoms with Crippen LogP contribution in [-0.2, 0) is 9.47 Å². The van der Waals surface area contributed by atoms with Crippen molar-refractivity contribution in [1.82, 2.24) is 10.2 Å². The van der Waals surface area contributed by atoms with Crippen molar-refractivity contribution in [2.24, 2.45) is 0 Å². The number of nitrogens with zero attached hydrogens (tertiary/aromatic N) is 2. The van der Waals surface area contributed by atoms with Crippen LogP contribution < -0.4 is 10.2 Å². The number of ether oxygens (including phenoxy) is 2. The lowest BCUT2D eigenvalue weighted by Crippen LogP contribution is -2.53. The van der Waals surface area contributed by atoms with E-state index in [1.165, 1.54) is 6.07 Å². The van der Waals surface area contributed by atoms with Gasteiger partial charge in [-0.1, -0.05) is 0 Å². The second kappa shape index (κ2) is 8.73. The van der Waals surface area contributed by atoms with Crippen LogP contribution in [0.25, 0.3) is 5.70 Å². The first kappa shape index (κ1) is 20.5. The molecule has 1 fully saturated rings. The zero-order valence-corrected chi connectivity index (χ0v) is 16.9. The Balaban J connectivity index is 2.22. The maximum Gasteiger partial charge on any atom is 0.188 e. The van der Waals surface area contributed by atoms with E-state index in [2.05, 4.69) is 35.9 Å². The van der Waals surface area contributed by atoms with Gasteiger partial charge in [-0.3, -0.25) is 4.90 Å². The molecule has 1 heterocycles. The molecule has 1 aromatic carbocycles. The molecule has 0 saturated carbocycles. The van der Waals surface area contributed by atoms with Crippen molar-refractivity contribution in [1.29, 1.82) is 0 Å². The number of nitrogens with one attached hydrogen (secondary N) is 1. The van der Waals surface area contributed by atoms with Crippen molar-refractivity contribution >= 4 is 11.4 Å². The highest BCUT2D eigenvalue weighted by molar-refractivity contribution is 5.69. The van der Waals surface area contributed by atoms with Crippen LogP contribution in [0.5, 0.6) is 0 Å². The summed E-state index contributed by atoms with van der Waals surface area (Å²) in [5.41, 5.74) is 2.60. The number of hydrogen-bond donors (Lipinski definition) is 1. The fourth-order valence-corrected chi connectivity index (χ4v) is 3.28. The average Bonchev–Trinajstić information content (AvgIpc) is 2.59. The van der Waals surface area contributed by atoms with E-state index < -0.39 is 0 Å². The highest BCUT2D eigenvalue weighted by atomic mass is 19.1. The quantitative estimate of drug-likeness (QED) is 0.619. The number of piperazine rings is 1. The van der Waals surface area contributed by atoms with Gasteiger partial charge in [0.05, 0.1) is 5.70 Å². The molecule has 0 atom stereocenters. The van der Waals surface area contributed by atoms with E-state index in [4.69, 9.17) is 9.47 Å². The number of methoxy groups -OCH3 is 1. The van der Waals surface area contributed by atoms with Gasteiger partial charge in [0.15, 0.2) is 6.79 Å². The number of halogens is 1. The lowest BCUT2D eigenvalue weighted by molar-refractivity contribution is 0.00662. The van der Waals surface area contributed by atoms with Crippen molar-refractivity contribution < 1.29 is 13.9 Å². The van der Waals surface area contributed by atoms with Crippen LogP contribution >= 0.6 is 0 Å². The molecule has 146 valence electrons. The molecule has 26 heavy (non-hydrogen) atoms. The maximum absolute atomic E-state index is 14.3. The SMILES string of the molecule is CN/C(=C(\C)OCOC)c1cc(F)cc(N2CCN(C(C)(C)C)CC2)c1. The first-order chi connectivity index (χ1) is 12.3. The molecule has 5 nitrogen and oxygen atoms in total. The van der Waals surface area contributed by atoms with Gasteiger partial charge in [-0.2, -0.15) is 0 Å². The molecular formula is C20H32FN3O2. The van der Waals surface area contributed by atoms with Crippen molar-refractivity contribution in [2.45, 2.75) is 33.2 Å². The van der Waals surface area contributed by atoms with Gasteiger partial charge in [0.2, 0.25) is 0 Å². The van der Waals surface area contributed by atoms with Gasteiger partial charge < -0.3 is 19.7 Å². The Labute approximate surface area is 156 Å². The summed E-state index contributed by atoms with van der Waals surface area (Å²) in [7, 11) is 3.38. The molecule has 1 aromatic rings. The Morgan fingerprint density at radius 2 is 1.81 bits per heavy atom. The maximum atomic E-state index is 14.3. The van der Waals surface area contributed by atoms with Crippen molar-refractivity contribution in [2.75, 3.05) is 52.0 Å². The third-order valence-corrected chi connectivity index (χ3v) is 4.76. The molecule has 2 rings (SSSR count). The van der Waals surface area contributed by atoms with E-state index in [0.717, 1.165) is 43.1 Å². The second-order valence-corrected chi connectivity index (χ2v) is 7.58.